The zero-order valence-electron chi connectivity index (χ0n) is 20.5. The lowest BCUT2D eigenvalue weighted by molar-refractivity contribution is -0.118. The third-order valence-corrected chi connectivity index (χ3v) is 6.10. The average molecular weight is 457 g/mol. The number of amides is 1. The lowest BCUT2D eigenvalue weighted by atomic mass is 9.87. The first kappa shape index (κ1) is 23.6. The number of hydrogen-bond acceptors (Lipinski definition) is 4. The number of anilines is 1. The van der Waals surface area contributed by atoms with E-state index in [0.29, 0.717) is 23.2 Å². The van der Waals surface area contributed by atoms with Crippen molar-refractivity contribution in [3.63, 3.8) is 0 Å². The molecule has 1 N–H and O–H groups in total. The van der Waals surface area contributed by atoms with Crippen molar-refractivity contribution in [1.82, 2.24) is 4.98 Å². The van der Waals surface area contributed by atoms with E-state index >= 15 is 0 Å². The molecule has 1 aromatic heterocycles. The van der Waals surface area contributed by atoms with Crippen LogP contribution in [0.25, 0.3) is 22.6 Å². The predicted molar refractivity (Wildman–Crippen MR) is 137 cm³/mol. The topological polar surface area (TPSA) is 64.4 Å². The first-order valence-electron chi connectivity index (χ1n) is 11.8. The molecule has 0 fully saturated rings. The van der Waals surface area contributed by atoms with Crippen LogP contribution in [0.3, 0.4) is 0 Å². The normalized spacial score (nSPS) is 12.5. The van der Waals surface area contributed by atoms with E-state index in [1.807, 2.05) is 54.6 Å². The van der Waals surface area contributed by atoms with Crippen molar-refractivity contribution in [3.05, 3.63) is 77.9 Å². The monoisotopic (exact) mass is 456 g/mol. The first-order chi connectivity index (χ1) is 16.2. The van der Waals surface area contributed by atoms with Gasteiger partial charge in [-0.05, 0) is 77.4 Å². The fourth-order valence-electron chi connectivity index (χ4n) is 3.70. The van der Waals surface area contributed by atoms with Crippen molar-refractivity contribution in [2.45, 2.75) is 52.4 Å². The summed E-state index contributed by atoms with van der Waals surface area (Å²) in [5.41, 5.74) is 5.74. The predicted octanol–water partition coefficient (Wildman–Crippen LogP) is 7.32. The van der Waals surface area contributed by atoms with E-state index in [1.165, 1.54) is 11.1 Å². The Bertz CT molecular complexity index is 1270. The third-order valence-electron chi connectivity index (χ3n) is 6.10. The van der Waals surface area contributed by atoms with Gasteiger partial charge in [0.05, 0.1) is 0 Å². The van der Waals surface area contributed by atoms with Crippen molar-refractivity contribution in [1.29, 1.82) is 0 Å². The number of aromatic nitrogens is 1. The van der Waals surface area contributed by atoms with Gasteiger partial charge < -0.3 is 14.5 Å². The Balaban J connectivity index is 1.36. The van der Waals surface area contributed by atoms with Gasteiger partial charge in [0, 0.05) is 11.3 Å². The number of ether oxygens (including phenoxy) is 1. The van der Waals surface area contributed by atoms with Crippen LogP contribution >= 0.6 is 0 Å². The van der Waals surface area contributed by atoms with Gasteiger partial charge in [0.1, 0.15) is 11.3 Å². The standard InChI is InChI=1S/C29H32N2O3/c1-6-19(2)21-9-16-26-25(17-21)31-28(34-26)20-7-12-23(13-8-20)30-27(32)18-33-24-14-10-22(11-15-24)29(3,4)5/h7-17,19H,6,18H2,1-5H3,(H,30,32)/t19-/m1/s1. The molecule has 0 aliphatic carbocycles. The van der Waals surface area contributed by atoms with Crippen LogP contribution in [0.1, 0.15) is 58.1 Å². The van der Waals surface area contributed by atoms with Crippen LogP contribution in [0.15, 0.2) is 71.1 Å². The van der Waals surface area contributed by atoms with Gasteiger partial charge in [0.2, 0.25) is 5.89 Å². The Morgan fingerprint density at radius 2 is 1.74 bits per heavy atom. The number of fused-ring (bicyclic) bond motifs is 1. The van der Waals surface area contributed by atoms with Crippen LogP contribution in [-0.2, 0) is 10.2 Å². The second kappa shape index (κ2) is 9.72. The molecule has 34 heavy (non-hydrogen) atoms. The number of benzene rings is 3. The minimum atomic E-state index is -0.216. The number of rotatable bonds is 7. The maximum absolute atomic E-state index is 12.3. The maximum atomic E-state index is 12.3. The summed E-state index contributed by atoms with van der Waals surface area (Å²) in [6.07, 6.45) is 1.08. The molecule has 0 spiro atoms. The van der Waals surface area contributed by atoms with E-state index in [1.54, 1.807) is 0 Å². The molecule has 0 saturated heterocycles. The highest BCUT2D eigenvalue weighted by molar-refractivity contribution is 5.92. The smallest absolute Gasteiger partial charge is 0.262 e. The van der Waals surface area contributed by atoms with Gasteiger partial charge in [0.25, 0.3) is 5.91 Å². The van der Waals surface area contributed by atoms with Gasteiger partial charge in [0.15, 0.2) is 12.2 Å². The van der Waals surface area contributed by atoms with Crippen LogP contribution in [-0.4, -0.2) is 17.5 Å². The Labute approximate surface area is 201 Å². The van der Waals surface area contributed by atoms with Crippen LogP contribution in [0.5, 0.6) is 5.75 Å². The summed E-state index contributed by atoms with van der Waals surface area (Å²) in [4.78, 5) is 17.0. The summed E-state index contributed by atoms with van der Waals surface area (Å²) in [6, 6.07) is 21.5. The third kappa shape index (κ3) is 5.48. The first-order valence-corrected chi connectivity index (χ1v) is 11.8. The van der Waals surface area contributed by atoms with Crippen LogP contribution in [0.4, 0.5) is 5.69 Å². The molecule has 4 aromatic rings. The molecule has 1 atom stereocenters. The molecule has 5 heteroatoms. The lowest BCUT2D eigenvalue weighted by Crippen LogP contribution is -2.20. The molecule has 4 rings (SSSR count). The number of nitrogens with zero attached hydrogens (tertiary/aromatic N) is 1. The van der Waals surface area contributed by atoms with E-state index in [-0.39, 0.29) is 17.9 Å². The van der Waals surface area contributed by atoms with E-state index < -0.39 is 0 Å². The Morgan fingerprint density at radius 3 is 2.38 bits per heavy atom. The summed E-state index contributed by atoms with van der Waals surface area (Å²) in [5, 5.41) is 2.86. The van der Waals surface area contributed by atoms with Gasteiger partial charge >= 0.3 is 0 Å². The molecule has 1 amide bonds. The SMILES string of the molecule is CC[C@@H](C)c1ccc2oc(-c3ccc(NC(=O)COc4ccc(C(C)(C)C)cc4)cc3)nc2c1. The van der Waals surface area contributed by atoms with Gasteiger partial charge in [-0.2, -0.15) is 0 Å². The average Bonchev–Trinajstić information content (AvgIpc) is 3.26. The minimum absolute atomic E-state index is 0.0553. The summed E-state index contributed by atoms with van der Waals surface area (Å²) in [6.45, 7) is 10.8. The van der Waals surface area contributed by atoms with Crippen molar-refractivity contribution in [3.8, 4) is 17.2 Å². The van der Waals surface area contributed by atoms with Crippen molar-refractivity contribution in [2.24, 2.45) is 0 Å². The summed E-state index contributed by atoms with van der Waals surface area (Å²) < 4.78 is 11.6. The zero-order valence-corrected chi connectivity index (χ0v) is 20.5. The molecule has 0 aliphatic rings. The van der Waals surface area contributed by atoms with Crippen LogP contribution < -0.4 is 10.1 Å². The second-order valence-corrected chi connectivity index (χ2v) is 9.74. The maximum Gasteiger partial charge on any atom is 0.262 e. The summed E-state index contributed by atoms with van der Waals surface area (Å²) in [7, 11) is 0. The van der Waals surface area contributed by atoms with Gasteiger partial charge in [-0.25, -0.2) is 4.98 Å². The number of carbonyl (C=O) groups is 1. The number of oxazole rings is 1. The molecule has 0 bridgehead atoms. The Kier molecular flexibility index (Phi) is 6.73. The van der Waals surface area contributed by atoms with Crippen molar-refractivity contribution < 1.29 is 13.9 Å². The molecule has 0 saturated carbocycles. The highest BCUT2D eigenvalue weighted by atomic mass is 16.5. The molecule has 176 valence electrons. The van der Waals surface area contributed by atoms with E-state index in [9.17, 15) is 4.79 Å². The van der Waals surface area contributed by atoms with E-state index in [0.717, 1.165) is 23.1 Å². The molecule has 3 aromatic carbocycles. The molecule has 1 heterocycles. The van der Waals surface area contributed by atoms with Crippen molar-refractivity contribution in [2.75, 3.05) is 11.9 Å². The Hall–Kier alpha value is -3.60. The molecule has 0 radical (unpaired) electrons. The van der Waals surface area contributed by atoms with Gasteiger partial charge in [-0.1, -0.05) is 52.8 Å². The molecule has 5 nitrogen and oxygen atoms in total. The van der Waals surface area contributed by atoms with Gasteiger partial charge in [-0.15, -0.1) is 0 Å². The highest BCUT2D eigenvalue weighted by Crippen LogP contribution is 2.29. The fourth-order valence-corrected chi connectivity index (χ4v) is 3.70. The minimum Gasteiger partial charge on any atom is -0.484 e. The van der Waals surface area contributed by atoms with Crippen LogP contribution in [0, 0.1) is 0 Å². The molecular formula is C29H32N2O3. The van der Waals surface area contributed by atoms with Gasteiger partial charge in [-0.3, -0.25) is 4.79 Å². The number of carbonyl (C=O) groups excluding carboxylic acids is 1. The van der Waals surface area contributed by atoms with Crippen molar-refractivity contribution >= 4 is 22.7 Å². The van der Waals surface area contributed by atoms with E-state index in [4.69, 9.17) is 9.15 Å². The zero-order chi connectivity index (χ0) is 24.3. The summed E-state index contributed by atoms with van der Waals surface area (Å²) in [5.74, 6) is 1.51. The fraction of sp³-hybridized carbons (Fsp3) is 0.310. The second-order valence-electron chi connectivity index (χ2n) is 9.74. The molecular weight excluding hydrogens is 424 g/mol. The largest absolute Gasteiger partial charge is 0.484 e. The highest BCUT2D eigenvalue weighted by Gasteiger charge is 2.14. The van der Waals surface area contributed by atoms with Crippen LogP contribution in [0.2, 0.25) is 0 Å². The summed E-state index contributed by atoms with van der Waals surface area (Å²) >= 11 is 0. The quantitative estimate of drug-likeness (QED) is 0.316. The number of hydrogen-bond donors (Lipinski definition) is 1. The lowest BCUT2D eigenvalue weighted by Gasteiger charge is -2.19. The Morgan fingerprint density at radius 1 is 1.03 bits per heavy atom. The molecule has 0 unspecified atom stereocenters. The molecule has 0 aliphatic heterocycles. The number of nitrogens with one attached hydrogen (secondary N) is 1. The van der Waals surface area contributed by atoms with E-state index in [2.05, 4.69) is 57.1 Å².